The topological polar surface area (TPSA) is 3.24 Å². The molecule has 126 valence electrons. The van der Waals surface area contributed by atoms with Crippen LogP contribution in [0.1, 0.15) is 41.6 Å². The van der Waals surface area contributed by atoms with E-state index in [0.29, 0.717) is 12.0 Å². The summed E-state index contributed by atoms with van der Waals surface area (Å²) in [6.45, 7) is 5.55. The van der Waals surface area contributed by atoms with Crippen LogP contribution in [0.25, 0.3) is 0 Å². The minimum Gasteiger partial charge on any atom is -0.239 e. The summed E-state index contributed by atoms with van der Waals surface area (Å²) < 4.78 is 17.5. The minimum absolute atomic E-state index is 0.137. The largest absolute Gasteiger partial charge is 0.239 e. The van der Waals surface area contributed by atoms with Crippen LogP contribution in [-0.4, -0.2) is 10.8 Å². The molecule has 2 aliphatic rings. The summed E-state index contributed by atoms with van der Waals surface area (Å²) in [6.07, 6.45) is 3.28. The lowest BCUT2D eigenvalue weighted by atomic mass is 9.99. The van der Waals surface area contributed by atoms with Crippen molar-refractivity contribution >= 4 is 27.9 Å². The van der Waals surface area contributed by atoms with Crippen molar-refractivity contribution in [2.45, 2.75) is 44.0 Å². The van der Waals surface area contributed by atoms with Crippen molar-refractivity contribution in [2.75, 3.05) is 6.54 Å². The number of benzene rings is 2. The van der Waals surface area contributed by atoms with Crippen LogP contribution in [0, 0.1) is 18.7 Å². The van der Waals surface area contributed by atoms with Crippen LogP contribution in [0.4, 0.5) is 4.39 Å². The number of rotatable bonds is 1. The Bertz CT molecular complexity index is 791. The van der Waals surface area contributed by atoms with Crippen molar-refractivity contribution in [3.05, 3.63) is 62.9 Å². The van der Waals surface area contributed by atoms with Gasteiger partial charge in [-0.1, -0.05) is 35.0 Å². The quantitative estimate of drug-likeness (QED) is 0.528. The van der Waals surface area contributed by atoms with Gasteiger partial charge in [-0.25, -0.2) is 8.70 Å². The maximum absolute atomic E-state index is 13.7. The van der Waals surface area contributed by atoms with Gasteiger partial charge in [0.15, 0.2) is 0 Å². The molecule has 24 heavy (non-hydrogen) atoms. The average Bonchev–Trinajstić information content (AvgIpc) is 2.92. The number of fused-ring (bicyclic) bond motifs is 2. The molecular weight excluding hydrogens is 385 g/mol. The SMILES string of the molecule is Cc1ccc(Br)c2c1[C@H](N1C[C@@H](C)Cc3ccc(F)cc3S1)CC2. The molecule has 1 aliphatic carbocycles. The van der Waals surface area contributed by atoms with Crippen molar-refractivity contribution in [2.24, 2.45) is 5.92 Å². The van der Waals surface area contributed by atoms with Crippen LogP contribution in [0.5, 0.6) is 0 Å². The molecule has 1 heterocycles. The van der Waals surface area contributed by atoms with E-state index in [4.69, 9.17) is 0 Å². The normalized spacial score (nSPS) is 23.7. The fourth-order valence-corrected chi connectivity index (χ4v) is 5.97. The summed E-state index contributed by atoms with van der Waals surface area (Å²) in [4.78, 5) is 1.08. The Hall–Kier alpha value is -0.840. The Kier molecular flexibility index (Phi) is 4.48. The lowest BCUT2D eigenvalue weighted by Crippen LogP contribution is -2.25. The molecular formula is C20H21BrFNS. The van der Waals surface area contributed by atoms with Crippen molar-refractivity contribution in [3.8, 4) is 0 Å². The standard InChI is InChI=1S/C20H21BrFNS/c1-12-9-14-4-5-15(22)10-19(14)24-23(11-12)18-8-6-16-17(21)7-3-13(2)20(16)18/h3-5,7,10,12,18H,6,8-9,11H2,1-2H3/t12-,18+/m0/s1. The third-order valence-corrected chi connectivity index (χ3v) is 7.13. The molecule has 2 aromatic carbocycles. The Balaban J connectivity index is 1.72. The van der Waals surface area contributed by atoms with Gasteiger partial charge in [0.2, 0.25) is 0 Å². The molecule has 0 saturated heterocycles. The second kappa shape index (κ2) is 6.47. The van der Waals surface area contributed by atoms with E-state index >= 15 is 0 Å². The predicted molar refractivity (Wildman–Crippen MR) is 102 cm³/mol. The van der Waals surface area contributed by atoms with E-state index in [1.165, 1.54) is 26.7 Å². The van der Waals surface area contributed by atoms with Gasteiger partial charge in [0.25, 0.3) is 0 Å². The lowest BCUT2D eigenvalue weighted by molar-refractivity contribution is 0.314. The molecule has 0 N–H and O–H groups in total. The van der Waals surface area contributed by atoms with Gasteiger partial charge in [0, 0.05) is 22.0 Å². The number of aryl methyl sites for hydroxylation is 1. The molecule has 4 rings (SSSR count). The summed E-state index contributed by atoms with van der Waals surface area (Å²) >= 11 is 5.47. The Morgan fingerprint density at radius 3 is 2.92 bits per heavy atom. The van der Waals surface area contributed by atoms with Gasteiger partial charge in [-0.05, 0) is 84.5 Å². The fraction of sp³-hybridized carbons (Fsp3) is 0.400. The van der Waals surface area contributed by atoms with Crippen molar-refractivity contribution < 1.29 is 4.39 Å². The third kappa shape index (κ3) is 2.93. The van der Waals surface area contributed by atoms with E-state index < -0.39 is 0 Å². The summed E-state index contributed by atoms with van der Waals surface area (Å²) in [5.41, 5.74) is 5.58. The van der Waals surface area contributed by atoms with Gasteiger partial charge in [0.05, 0.1) is 0 Å². The van der Waals surface area contributed by atoms with Crippen molar-refractivity contribution in [3.63, 3.8) is 0 Å². The van der Waals surface area contributed by atoms with Gasteiger partial charge in [0.1, 0.15) is 5.82 Å². The van der Waals surface area contributed by atoms with Gasteiger partial charge in [-0.3, -0.25) is 0 Å². The van der Waals surface area contributed by atoms with Crippen LogP contribution in [0.2, 0.25) is 0 Å². The highest BCUT2D eigenvalue weighted by Gasteiger charge is 2.33. The highest BCUT2D eigenvalue weighted by molar-refractivity contribution is 9.10. The number of halogens is 2. The molecule has 0 radical (unpaired) electrons. The summed E-state index contributed by atoms with van der Waals surface area (Å²) in [6, 6.07) is 10.0. The van der Waals surface area contributed by atoms with Crippen LogP contribution in [-0.2, 0) is 12.8 Å². The molecule has 0 fully saturated rings. The Morgan fingerprint density at radius 2 is 2.08 bits per heavy atom. The van der Waals surface area contributed by atoms with E-state index in [0.717, 1.165) is 30.7 Å². The highest BCUT2D eigenvalue weighted by atomic mass is 79.9. The van der Waals surface area contributed by atoms with Gasteiger partial charge < -0.3 is 0 Å². The third-order valence-electron chi connectivity index (χ3n) is 5.17. The van der Waals surface area contributed by atoms with Crippen molar-refractivity contribution in [1.82, 2.24) is 4.31 Å². The van der Waals surface area contributed by atoms with Crippen LogP contribution < -0.4 is 0 Å². The van der Waals surface area contributed by atoms with Gasteiger partial charge in [-0.2, -0.15) is 0 Å². The van der Waals surface area contributed by atoms with Crippen molar-refractivity contribution in [1.29, 1.82) is 0 Å². The first-order chi connectivity index (χ1) is 11.5. The zero-order chi connectivity index (χ0) is 16.8. The van der Waals surface area contributed by atoms with E-state index in [-0.39, 0.29) is 5.82 Å². The zero-order valence-electron chi connectivity index (χ0n) is 14.0. The first-order valence-electron chi connectivity index (χ1n) is 8.54. The van der Waals surface area contributed by atoms with Crippen LogP contribution in [0.3, 0.4) is 0 Å². The number of hydrogen-bond donors (Lipinski definition) is 0. The average molecular weight is 406 g/mol. The second-order valence-electron chi connectivity index (χ2n) is 7.06. The minimum atomic E-state index is -0.137. The Labute approximate surface area is 155 Å². The predicted octanol–water partition coefficient (Wildman–Crippen LogP) is 6.09. The number of nitrogens with zero attached hydrogens (tertiary/aromatic N) is 1. The van der Waals surface area contributed by atoms with E-state index in [1.54, 1.807) is 24.1 Å². The molecule has 0 aromatic heterocycles. The first kappa shape index (κ1) is 16.6. The van der Waals surface area contributed by atoms with Crippen LogP contribution >= 0.6 is 27.9 Å². The molecule has 0 spiro atoms. The smallest absolute Gasteiger partial charge is 0.124 e. The number of hydrogen-bond acceptors (Lipinski definition) is 2. The summed E-state index contributed by atoms with van der Waals surface area (Å²) in [5.74, 6) is 0.433. The van der Waals surface area contributed by atoms with Crippen LogP contribution in [0.15, 0.2) is 39.7 Å². The first-order valence-corrected chi connectivity index (χ1v) is 10.1. The molecule has 2 atom stereocenters. The summed E-state index contributed by atoms with van der Waals surface area (Å²) in [7, 11) is 0. The lowest BCUT2D eigenvalue weighted by Gasteiger charge is -2.29. The maximum atomic E-state index is 13.7. The fourth-order valence-electron chi connectivity index (χ4n) is 4.07. The Morgan fingerprint density at radius 1 is 1.25 bits per heavy atom. The molecule has 0 unspecified atom stereocenters. The van der Waals surface area contributed by atoms with E-state index in [1.807, 2.05) is 6.07 Å². The summed E-state index contributed by atoms with van der Waals surface area (Å²) in [5, 5.41) is 0. The highest BCUT2D eigenvalue weighted by Crippen LogP contribution is 2.46. The van der Waals surface area contributed by atoms with E-state index in [9.17, 15) is 4.39 Å². The molecule has 0 saturated carbocycles. The molecule has 1 nitrogen and oxygen atoms in total. The monoisotopic (exact) mass is 405 g/mol. The molecule has 2 aromatic rings. The zero-order valence-corrected chi connectivity index (χ0v) is 16.4. The molecule has 0 bridgehead atoms. The second-order valence-corrected chi connectivity index (χ2v) is 9.01. The maximum Gasteiger partial charge on any atom is 0.124 e. The van der Waals surface area contributed by atoms with E-state index in [2.05, 4.69) is 46.2 Å². The van der Waals surface area contributed by atoms with Gasteiger partial charge >= 0.3 is 0 Å². The van der Waals surface area contributed by atoms with Gasteiger partial charge in [-0.15, -0.1) is 0 Å². The molecule has 0 amide bonds. The molecule has 4 heteroatoms. The molecule has 1 aliphatic heterocycles.